The molecule has 0 saturated carbocycles. The fourth-order valence-corrected chi connectivity index (χ4v) is 5.24. The fourth-order valence-electron chi connectivity index (χ4n) is 4.24. The predicted molar refractivity (Wildman–Crippen MR) is 155 cm³/mol. The van der Waals surface area contributed by atoms with E-state index in [1.807, 2.05) is 56.3 Å². The molecule has 0 saturated heterocycles. The molecule has 0 radical (unpaired) electrons. The van der Waals surface area contributed by atoms with E-state index >= 15 is 0 Å². The molecular formula is C30H33N5O5S. The fraction of sp³-hybridized carbons (Fsp3) is 0.267. The number of methoxy groups -OCH3 is 1. The largest absolute Gasteiger partial charge is 0.468 e. The first-order valence-corrected chi connectivity index (χ1v) is 14.6. The van der Waals surface area contributed by atoms with Gasteiger partial charge in [0.25, 0.3) is 0 Å². The van der Waals surface area contributed by atoms with Crippen molar-refractivity contribution in [1.82, 2.24) is 19.7 Å². The molecule has 0 aliphatic heterocycles. The highest BCUT2D eigenvalue weighted by atomic mass is 32.2. The molecule has 4 aromatic rings. The van der Waals surface area contributed by atoms with E-state index in [-0.39, 0.29) is 17.4 Å². The van der Waals surface area contributed by atoms with Crippen molar-refractivity contribution in [3.63, 3.8) is 0 Å². The standard InChI is InChI=1S/C30H33N5O5S/c1-21(2)17-28(30(37)40-3)29(36)32-25-13-9-22(10-14-25)19-35-20-26(33-34-35)18-31-41(38,39)27-15-11-24(12-16-27)23-7-5-4-6-8-23/h4-16,20-21,28,31H,17-19H2,1-3H3,(H,32,36). The van der Waals surface area contributed by atoms with Crippen LogP contribution in [0.3, 0.4) is 0 Å². The summed E-state index contributed by atoms with van der Waals surface area (Å²) in [6.45, 7) is 4.26. The Balaban J connectivity index is 1.31. The van der Waals surface area contributed by atoms with Crippen molar-refractivity contribution in [3.8, 4) is 11.1 Å². The number of ether oxygens (including phenoxy) is 1. The molecule has 0 aliphatic rings. The third kappa shape index (κ3) is 8.09. The average molecular weight is 576 g/mol. The number of nitrogens with zero attached hydrogens (tertiary/aromatic N) is 3. The Labute approximate surface area is 239 Å². The lowest BCUT2D eigenvalue weighted by Gasteiger charge is -2.16. The molecule has 1 aromatic heterocycles. The molecule has 1 amide bonds. The number of nitrogens with one attached hydrogen (secondary N) is 2. The lowest BCUT2D eigenvalue weighted by atomic mass is 9.96. The van der Waals surface area contributed by atoms with Gasteiger partial charge in [0.2, 0.25) is 15.9 Å². The van der Waals surface area contributed by atoms with Crippen molar-refractivity contribution in [2.45, 2.75) is 38.3 Å². The summed E-state index contributed by atoms with van der Waals surface area (Å²) in [6, 6.07) is 23.6. The molecule has 10 nitrogen and oxygen atoms in total. The molecular weight excluding hydrogens is 542 g/mol. The normalized spacial score (nSPS) is 12.2. The number of benzene rings is 3. The van der Waals surface area contributed by atoms with Crippen molar-refractivity contribution in [2.24, 2.45) is 11.8 Å². The maximum Gasteiger partial charge on any atom is 0.318 e. The summed E-state index contributed by atoms with van der Waals surface area (Å²) in [5.41, 5.74) is 3.86. The average Bonchev–Trinajstić information content (AvgIpc) is 3.43. The zero-order valence-electron chi connectivity index (χ0n) is 23.2. The number of carbonyl (C=O) groups excluding carboxylic acids is 2. The van der Waals surface area contributed by atoms with Gasteiger partial charge >= 0.3 is 5.97 Å². The van der Waals surface area contributed by atoms with Crippen molar-refractivity contribution < 1.29 is 22.7 Å². The summed E-state index contributed by atoms with van der Waals surface area (Å²) in [5, 5.41) is 10.9. The zero-order valence-corrected chi connectivity index (χ0v) is 24.0. The van der Waals surface area contributed by atoms with Gasteiger partial charge in [-0.2, -0.15) is 0 Å². The lowest BCUT2D eigenvalue weighted by molar-refractivity contribution is -0.149. The van der Waals surface area contributed by atoms with E-state index in [9.17, 15) is 18.0 Å². The van der Waals surface area contributed by atoms with Crippen LogP contribution in [0, 0.1) is 11.8 Å². The minimum Gasteiger partial charge on any atom is -0.468 e. The van der Waals surface area contributed by atoms with Gasteiger partial charge in [-0.1, -0.05) is 73.7 Å². The highest BCUT2D eigenvalue weighted by molar-refractivity contribution is 7.89. The number of hydrogen-bond donors (Lipinski definition) is 2. The summed E-state index contributed by atoms with van der Waals surface area (Å²) in [5.74, 6) is -1.69. The summed E-state index contributed by atoms with van der Waals surface area (Å²) < 4.78 is 34.5. The number of carbonyl (C=O) groups is 2. The quantitative estimate of drug-likeness (QED) is 0.191. The molecule has 214 valence electrons. The van der Waals surface area contributed by atoms with Gasteiger partial charge in [-0.05, 0) is 53.3 Å². The number of hydrogen-bond acceptors (Lipinski definition) is 7. The van der Waals surface area contributed by atoms with Crippen LogP contribution in [0.5, 0.6) is 0 Å². The summed E-state index contributed by atoms with van der Waals surface area (Å²) >= 11 is 0. The third-order valence-electron chi connectivity index (χ3n) is 6.38. The predicted octanol–water partition coefficient (Wildman–Crippen LogP) is 4.25. The molecule has 4 rings (SSSR count). The summed E-state index contributed by atoms with van der Waals surface area (Å²) in [6.07, 6.45) is 2.06. The highest BCUT2D eigenvalue weighted by Gasteiger charge is 2.28. The SMILES string of the molecule is COC(=O)C(CC(C)C)C(=O)Nc1ccc(Cn2cc(CNS(=O)(=O)c3ccc(-c4ccccc4)cc3)nn2)cc1. The number of aromatic nitrogens is 3. The smallest absolute Gasteiger partial charge is 0.318 e. The van der Waals surface area contributed by atoms with Gasteiger partial charge in [0.15, 0.2) is 0 Å². The molecule has 1 atom stereocenters. The Morgan fingerprint density at radius 2 is 1.59 bits per heavy atom. The van der Waals surface area contributed by atoms with E-state index < -0.39 is 27.8 Å². The van der Waals surface area contributed by atoms with Crippen molar-refractivity contribution >= 4 is 27.6 Å². The first-order chi connectivity index (χ1) is 19.6. The molecule has 11 heteroatoms. The van der Waals surface area contributed by atoms with Gasteiger partial charge in [-0.25, -0.2) is 17.8 Å². The molecule has 0 bridgehead atoms. The van der Waals surface area contributed by atoms with Gasteiger partial charge < -0.3 is 10.1 Å². The molecule has 0 aliphatic carbocycles. The van der Waals surface area contributed by atoms with E-state index in [0.29, 0.717) is 24.3 Å². The second-order valence-corrected chi connectivity index (χ2v) is 11.8. The van der Waals surface area contributed by atoms with Crippen LogP contribution in [-0.2, 0) is 37.4 Å². The van der Waals surface area contributed by atoms with Gasteiger partial charge in [-0.3, -0.25) is 9.59 Å². The number of rotatable bonds is 12. The number of esters is 1. The number of amides is 1. The third-order valence-corrected chi connectivity index (χ3v) is 7.79. The molecule has 41 heavy (non-hydrogen) atoms. The van der Waals surface area contributed by atoms with Gasteiger partial charge in [0.05, 0.1) is 37.0 Å². The first kappa shape index (κ1) is 29.6. The molecule has 1 unspecified atom stereocenters. The van der Waals surface area contributed by atoms with Crippen LogP contribution in [0.25, 0.3) is 11.1 Å². The summed E-state index contributed by atoms with van der Waals surface area (Å²) in [7, 11) is -2.46. The van der Waals surface area contributed by atoms with Crippen LogP contribution in [0.1, 0.15) is 31.5 Å². The minimum absolute atomic E-state index is 0.00845. The van der Waals surface area contributed by atoms with Crippen LogP contribution in [0.2, 0.25) is 0 Å². The van der Waals surface area contributed by atoms with Crippen molar-refractivity contribution in [3.05, 3.63) is 96.3 Å². The number of sulfonamides is 1. The molecule has 3 aromatic carbocycles. The Morgan fingerprint density at radius 1 is 0.927 bits per heavy atom. The highest BCUT2D eigenvalue weighted by Crippen LogP contribution is 2.21. The second-order valence-electron chi connectivity index (χ2n) is 10.0. The topological polar surface area (TPSA) is 132 Å². The maximum atomic E-state index is 12.8. The maximum absolute atomic E-state index is 12.8. The van der Waals surface area contributed by atoms with Crippen LogP contribution in [-0.4, -0.2) is 42.4 Å². The Kier molecular flexibility index (Phi) is 9.64. The Hall–Kier alpha value is -4.35. The van der Waals surface area contributed by atoms with Gasteiger partial charge in [0, 0.05) is 5.69 Å². The molecule has 0 spiro atoms. The van der Waals surface area contributed by atoms with E-state index in [1.54, 1.807) is 47.3 Å². The monoisotopic (exact) mass is 575 g/mol. The van der Waals surface area contributed by atoms with E-state index in [1.165, 1.54) is 7.11 Å². The van der Waals surface area contributed by atoms with Gasteiger partial charge in [0.1, 0.15) is 5.92 Å². The number of anilines is 1. The second kappa shape index (κ2) is 13.3. The van der Waals surface area contributed by atoms with E-state index in [2.05, 4.69) is 20.4 Å². The van der Waals surface area contributed by atoms with Crippen molar-refractivity contribution in [2.75, 3.05) is 12.4 Å². The molecule has 0 fully saturated rings. The van der Waals surface area contributed by atoms with Crippen LogP contribution in [0.4, 0.5) is 5.69 Å². The molecule has 2 N–H and O–H groups in total. The van der Waals surface area contributed by atoms with Crippen LogP contribution in [0.15, 0.2) is 90.0 Å². The first-order valence-electron chi connectivity index (χ1n) is 13.2. The van der Waals surface area contributed by atoms with E-state index in [4.69, 9.17) is 4.74 Å². The van der Waals surface area contributed by atoms with Crippen LogP contribution < -0.4 is 10.0 Å². The lowest BCUT2D eigenvalue weighted by Crippen LogP contribution is -2.31. The van der Waals surface area contributed by atoms with Crippen LogP contribution >= 0.6 is 0 Å². The zero-order chi connectivity index (χ0) is 29.4. The van der Waals surface area contributed by atoms with E-state index in [0.717, 1.165) is 16.7 Å². The minimum atomic E-state index is -3.73. The Bertz CT molecular complexity index is 1570. The van der Waals surface area contributed by atoms with Gasteiger partial charge in [-0.15, -0.1) is 5.10 Å². The Morgan fingerprint density at radius 3 is 2.22 bits per heavy atom. The van der Waals surface area contributed by atoms with Crippen molar-refractivity contribution in [1.29, 1.82) is 0 Å². The molecule has 1 heterocycles. The summed E-state index contributed by atoms with van der Waals surface area (Å²) in [4.78, 5) is 24.8.